The monoisotopic (exact) mass is 403 g/mol. The number of anilines is 1. The molecular formula is C23H21N3O4. The number of carbonyl (C=O) groups excluding carboxylic acids is 1. The molecule has 7 nitrogen and oxygen atoms in total. The number of nitrogens with one attached hydrogen (secondary N) is 1. The zero-order valence-corrected chi connectivity index (χ0v) is 16.7. The van der Waals surface area contributed by atoms with E-state index in [2.05, 4.69) is 16.2 Å². The molecule has 0 fully saturated rings. The zero-order chi connectivity index (χ0) is 21.1. The quantitative estimate of drug-likeness (QED) is 0.639. The maximum atomic E-state index is 12.5. The molecule has 0 unspecified atom stereocenters. The number of hydrogen-bond donors (Lipinski definition) is 1. The fourth-order valence-corrected chi connectivity index (χ4v) is 3.56. The summed E-state index contributed by atoms with van der Waals surface area (Å²) in [6.45, 7) is 0.151. The van der Waals surface area contributed by atoms with E-state index in [0.717, 1.165) is 22.7 Å². The lowest BCUT2D eigenvalue weighted by atomic mass is 9.89. The molecule has 4 rings (SSSR count). The Bertz CT molecular complexity index is 1110. The second-order valence-corrected chi connectivity index (χ2v) is 6.75. The molecule has 1 aliphatic heterocycles. The summed E-state index contributed by atoms with van der Waals surface area (Å²) >= 11 is 0. The Balaban J connectivity index is 1.72. The predicted octanol–water partition coefficient (Wildman–Crippen LogP) is 3.38. The largest absolute Gasteiger partial charge is 0.497 e. The summed E-state index contributed by atoms with van der Waals surface area (Å²) < 4.78 is 18.1. The van der Waals surface area contributed by atoms with Gasteiger partial charge in [-0.3, -0.25) is 9.36 Å². The van der Waals surface area contributed by atoms with Crippen molar-refractivity contribution in [3.8, 4) is 35.3 Å². The Hall–Kier alpha value is -3.92. The van der Waals surface area contributed by atoms with Crippen LogP contribution in [0.3, 0.4) is 0 Å². The first-order valence-electron chi connectivity index (χ1n) is 9.40. The van der Waals surface area contributed by atoms with Crippen LogP contribution in [0.5, 0.6) is 17.2 Å². The molecule has 1 aliphatic rings. The molecule has 2 aromatic carbocycles. The summed E-state index contributed by atoms with van der Waals surface area (Å²) in [5, 5.41) is 2.96. The first-order valence-corrected chi connectivity index (χ1v) is 9.40. The summed E-state index contributed by atoms with van der Waals surface area (Å²) in [5.74, 6) is 4.70. The molecule has 30 heavy (non-hydrogen) atoms. The van der Waals surface area contributed by atoms with E-state index < -0.39 is 0 Å². The Labute approximate surface area is 174 Å². The number of benzene rings is 2. The summed E-state index contributed by atoms with van der Waals surface area (Å²) in [5.41, 5.74) is 2.59. The average Bonchev–Trinajstić information content (AvgIpc) is 3.20. The van der Waals surface area contributed by atoms with Crippen LogP contribution in [0.4, 0.5) is 5.82 Å². The molecule has 1 N–H and O–H groups in total. The molecule has 7 heteroatoms. The third kappa shape index (κ3) is 3.55. The number of hydrogen-bond acceptors (Lipinski definition) is 5. The van der Waals surface area contributed by atoms with Gasteiger partial charge in [0.15, 0.2) is 11.5 Å². The Kier molecular flexibility index (Phi) is 5.31. The van der Waals surface area contributed by atoms with Gasteiger partial charge in [-0.15, -0.1) is 6.42 Å². The Morgan fingerprint density at radius 3 is 2.67 bits per heavy atom. The van der Waals surface area contributed by atoms with Crippen LogP contribution in [-0.4, -0.2) is 36.3 Å². The number of aromatic nitrogens is 2. The number of fused-ring (bicyclic) bond motifs is 1. The molecule has 0 saturated heterocycles. The van der Waals surface area contributed by atoms with Gasteiger partial charge in [0, 0.05) is 18.0 Å². The van der Waals surface area contributed by atoms with Crippen molar-refractivity contribution in [3.63, 3.8) is 0 Å². The fraction of sp³-hybridized carbons (Fsp3) is 0.217. The van der Waals surface area contributed by atoms with Gasteiger partial charge >= 0.3 is 0 Å². The van der Waals surface area contributed by atoms with Crippen molar-refractivity contribution in [2.24, 2.45) is 0 Å². The number of ether oxygens (including phenoxy) is 3. The number of rotatable bonds is 6. The van der Waals surface area contributed by atoms with Gasteiger partial charge in [0.1, 0.15) is 24.5 Å². The molecular weight excluding hydrogens is 382 g/mol. The summed E-state index contributed by atoms with van der Waals surface area (Å²) in [4.78, 5) is 17.1. The third-order valence-corrected chi connectivity index (χ3v) is 5.02. The van der Waals surface area contributed by atoms with Gasteiger partial charge in [-0.05, 0) is 42.0 Å². The van der Waals surface area contributed by atoms with Crippen LogP contribution in [0.2, 0.25) is 0 Å². The molecule has 0 spiro atoms. The standard InChI is InChI=1S/C23H21N3O4/c1-4-11-30-19-10-5-15(12-20(19)29-3)18-13-21(27)25-23-22(18)24-14-26(23)16-6-8-17(28-2)9-7-16/h1,5-10,12,14,18H,11,13H2,2-3H3,(H,25,27)/t18-/m0/s1. The molecule has 1 amide bonds. The number of methoxy groups -OCH3 is 2. The van der Waals surface area contributed by atoms with E-state index >= 15 is 0 Å². The normalized spacial score (nSPS) is 15.0. The number of imidazole rings is 1. The molecule has 0 radical (unpaired) electrons. The molecule has 1 atom stereocenters. The minimum Gasteiger partial charge on any atom is -0.497 e. The summed E-state index contributed by atoms with van der Waals surface area (Å²) in [7, 11) is 3.19. The summed E-state index contributed by atoms with van der Waals surface area (Å²) in [6.07, 6.45) is 7.28. The first-order chi connectivity index (χ1) is 14.6. The van der Waals surface area contributed by atoms with Gasteiger partial charge in [-0.2, -0.15) is 0 Å². The van der Waals surface area contributed by atoms with E-state index in [1.807, 2.05) is 41.0 Å². The minimum absolute atomic E-state index is 0.0746. The Morgan fingerprint density at radius 1 is 1.17 bits per heavy atom. The van der Waals surface area contributed by atoms with Crippen LogP contribution in [0.1, 0.15) is 23.6 Å². The number of amides is 1. The van der Waals surface area contributed by atoms with E-state index in [-0.39, 0.29) is 18.4 Å². The average molecular weight is 403 g/mol. The number of nitrogens with zero attached hydrogens (tertiary/aromatic N) is 2. The number of carbonyl (C=O) groups is 1. The van der Waals surface area contributed by atoms with Crippen molar-refractivity contribution >= 4 is 11.7 Å². The van der Waals surface area contributed by atoms with E-state index in [1.165, 1.54) is 0 Å². The van der Waals surface area contributed by atoms with Gasteiger partial charge in [-0.25, -0.2) is 4.98 Å². The highest BCUT2D eigenvalue weighted by Gasteiger charge is 2.31. The van der Waals surface area contributed by atoms with Crippen LogP contribution in [0.15, 0.2) is 48.8 Å². The second-order valence-electron chi connectivity index (χ2n) is 6.75. The molecule has 3 aromatic rings. The van der Waals surface area contributed by atoms with Gasteiger partial charge in [0.2, 0.25) is 5.91 Å². The van der Waals surface area contributed by atoms with Gasteiger partial charge in [0.25, 0.3) is 0 Å². The number of terminal acetylenes is 1. The minimum atomic E-state index is -0.205. The maximum Gasteiger partial charge on any atom is 0.226 e. The topological polar surface area (TPSA) is 74.6 Å². The first kappa shape index (κ1) is 19.4. The van der Waals surface area contributed by atoms with Crippen molar-refractivity contribution in [3.05, 3.63) is 60.0 Å². The predicted molar refractivity (Wildman–Crippen MR) is 113 cm³/mol. The highest BCUT2D eigenvalue weighted by Crippen LogP contribution is 2.40. The fourth-order valence-electron chi connectivity index (χ4n) is 3.56. The molecule has 152 valence electrons. The highest BCUT2D eigenvalue weighted by atomic mass is 16.5. The highest BCUT2D eigenvalue weighted by molar-refractivity contribution is 5.94. The van der Waals surface area contributed by atoms with Crippen molar-refractivity contribution in [1.29, 1.82) is 0 Å². The van der Waals surface area contributed by atoms with Crippen molar-refractivity contribution in [1.82, 2.24) is 9.55 Å². The van der Waals surface area contributed by atoms with Gasteiger partial charge < -0.3 is 19.5 Å². The third-order valence-electron chi connectivity index (χ3n) is 5.02. The Morgan fingerprint density at radius 2 is 1.97 bits per heavy atom. The van der Waals surface area contributed by atoms with Gasteiger partial charge in [0.05, 0.1) is 19.9 Å². The van der Waals surface area contributed by atoms with Crippen LogP contribution in [0, 0.1) is 12.3 Å². The van der Waals surface area contributed by atoms with Crippen LogP contribution < -0.4 is 19.5 Å². The summed E-state index contributed by atoms with van der Waals surface area (Å²) in [6, 6.07) is 13.1. The lowest BCUT2D eigenvalue weighted by Gasteiger charge is -2.24. The lowest BCUT2D eigenvalue weighted by molar-refractivity contribution is -0.116. The smallest absolute Gasteiger partial charge is 0.226 e. The lowest BCUT2D eigenvalue weighted by Crippen LogP contribution is -2.25. The van der Waals surface area contributed by atoms with Crippen LogP contribution in [0.25, 0.3) is 5.69 Å². The zero-order valence-electron chi connectivity index (χ0n) is 16.7. The van der Waals surface area contributed by atoms with Crippen molar-refractivity contribution in [2.45, 2.75) is 12.3 Å². The van der Waals surface area contributed by atoms with Crippen LogP contribution in [-0.2, 0) is 4.79 Å². The molecule has 1 aromatic heterocycles. The molecule has 0 aliphatic carbocycles. The molecule has 0 saturated carbocycles. The van der Waals surface area contributed by atoms with Crippen LogP contribution >= 0.6 is 0 Å². The van der Waals surface area contributed by atoms with Crippen molar-refractivity contribution < 1.29 is 19.0 Å². The second kappa shape index (κ2) is 8.21. The maximum absolute atomic E-state index is 12.5. The SMILES string of the molecule is C#CCOc1ccc([C@@H]2CC(=O)Nc3c2ncn3-c2ccc(OC)cc2)cc1OC. The van der Waals surface area contributed by atoms with Gasteiger partial charge in [-0.1, -0.05) is 12.0 Å². The van der Waals surface area contributed by atoms with E-state index in [4.69, 9.17) is 20.6 Å². The van der Waals surface area contributed by atoms with E-state index in [0.29, 0.717) is 23.7 Å². The van der Waals surface area contributed by atoms with E-state index in [1.54, 1.807) is 26.6 Å². The van der Waals surface area contributed by atoms with E-state index in [9.17, 15) is 4.79 Å². The van der Waals surface area contributed by atoms with Crippen molar-refractivity contribution in [2.75, 3.05) is 26.1 Å². The molecule has 0 bridgehead atoms. The molecule has 2 heterocycles.